The number of halogens is 2. The minimum atomic E-state index is -3.64. The van der Waals surface area contributed by atoms with Gasteiger partial charge >= 0.3 is 5.97 Å². The van der Waals surface area contributed by atoms with Gasteiger partial charge in [0, 0.05) is 24.7 Å². The van der Waals surface area contributed by atoms with Crippen LogP contribution in [-0.4, -0.2) is 54.5 Å². The van der Waals surface area contributed by atoms with Gasteiger partial charge in [-0.25, -0.2) is 18.2 Å². The summed E-state index contributed by atoms with van der Waals surface area (Å²) in [6.07, 6.45) is 0. The van der Waals surface area contributed by atoms with Crippen molar-refractivity contribution in [3.8, 4) is 0 Å². The van der Waals surface area contributed by atoms with Crippen LogP contribution in [0.2, 0.25) is 10.0 Å². The van der Waals surface area contributed by atoms with Crippen LogP contribution in [0.1, 0.15) is 23.1 Å². The Morgan fingerprint density at radius 1 is 1.16 bits per heavy atom. The highest BCUT2D eigenvalue weighted by Crippen LogP contribution is 2.25. The van der Waals surface area contributed by atoms with Crippen LogP contribution in [-0.2, 0) is 32.6 Å². The number of morpholine rings is 1. The zero-order valence-electron chi connectivity index (χ0n) is 17.3. The second-order valence-corrected chi connectivity index (χ2v) is 9.92. The van der Waals surface area contributed by atoms with E-state index in [0.29, 0.717) is 49.2 Å². The van der Waals surface area contributed by atoms with Crippen molar-refractivity contribution >= 4 is 50.2 Å². The maximum atomic E-state index is 13.0. The summed E-state index contributed by atoms with van der Waals surface area (Å²) >= 11 is 12.0. The fraction of sp³-hybridized carbons (Fsp3) is 0.333. The first kappa shape index (κ1) is 23.0. The Balaban J connectivity index is 1.60. The first-order chi connectivity index (χ1) is 15.3. The van der Waals surface area contributed by atoms with Gasteiger partial charge in [0.15, 0.2) is 0 Å². The predicted molar refractivity (Wildman–Crippen MR) is 121 cm³/mol. The molecule has 1 aliphatic rings. The van der Waals surface area contributed by atoms with Gasteiger partial charge in [0.1, 0.15) is 12.4 Å². The summed E-state index contributed by atoms with van der Waals surface area (Å²) in [6.45, 7) is 3.77. The third-order valence-corrected chi connectivity index (χ3v) is 7.66. The van der Waals surface area contributed by atoms with Crippen molar-refractivity contribution < 1.29 is 22.7 Å². The molecule has 2 heterocycles. The van der Waals surface area contributed by atoms with Crippen LogP contribution >= 0.6 is 23.2 Å². The minimum Gasteiger partial charge on any atom is -0.454 e. The molecule has 170 valence electrons. The molecule has 32 heavy (non-hydrogen) atoms. The zero-order valence-corrected chi connectivity index (χ0v) is 19.6. The molecule has 1 fully saturated rings. The monoisotopic (exact) mass is 497 g/mol. The molecule has 0 unspecified atom stereocenters. The Bertz CT molecular complexity index is 1270. The van der Waals surface area contributed by atoms with Gasteiger partial charge in [-0.15, -0.1) is 0 Å². The van der Waals surface area contributed by atoms with Gasteiger partial charge in [-0.3, -0.25) is 0 Å². The first-order valence-corrected chi connectivity index (χ1v) is 12.2. The average Bonchev–Trinajstić information content (AvgIpc) is 3.16. The maximum absolute atomic E-state index is 13.0. The fourth-order valence-electron chi connectivity index (χ4n) is 3.58. The fourth-order valence-corrected chi connectivity index (χ4v) is 5.38. The van der Waals surface area contributed by atoms with Gasteiger partial charge < -0.3 is 14.0 Å². The number of benzene rings is 2. The molecule has 0 N–H and O–H groups in total. The highest BCUT2D eigenvalue weighted by molar-refractivity contribution is 7.89. The lowest BCUT2D eigenvalue weighted by molar-refractivity contribution is 0.0459. The van der Waals surface area contributed by atoms with E-state index in [0.717, 1.165) is 5.52 Å². The van der Waals surface area contributed by atoms with Crippen molar-refractivity contribution in [1.29, 1.82) is 0 Å². The van der Waals surface area contributed by atoms with Crippen LogP contribution in [0.3, 0.4) is 0 Å². The molecule has 11 heteroatoms. The molecule has 0 bridgehead atoms. The molecular formula is C21H21Cl2N3O5S. The summed E-state index contributed by atoms with van der Waals surface area (Å²) < 4.78 is 39.9. The van der Waals surface area contributed by atoms with Gasteiger partial charge in [-0.1, -0.05) is 23.2 Å². The zero-order chi connectivity index (χ0) is 22.9. The molecule has 0 spiro atoms. The smallest absolute Gasteiger partial charge is 0.340 e. The topological polar surface area (TPSA) is 90.7 Å². The minimum absolute atomic E-state index is 0.101. The second kappa shape index (κ2) is 9.36. The van der Waals surface area contributed by atoms with E-state index in [9.17, 15) is 13.2 Å². The lowest BCUT2D eigenvalue weighted by Crippen LogP contribution is -2.40. The number of ether oxygens (including phenoxy) is 2. The third-order valence-electron chi connectivity index (χ3n) is 5.20. The first-order valence-electron chi connectivity index (χ1n) is 10.0. The number of nitrogens with zero attached hydrogens (tertiary/aromatic N) is 3. The van der Waals surface area contributed by atoms with Gasteiger partial charge in [-0.2, -0.15) is 4.31 Å². The number of fused-ring (bicyclic) bond motifs is 1. The molecule has 1 aliphatic heterocycles. The highest BCUT2D eigenvalue weighted by Gasteiger charge is 2.27. The van der Waals surface area contributed by atoms with E-state index >= 15 is 0 Å². The van der Waals surface area contributed by atoms with Gasteiger partial charge in [0.05, 0.1) is 39.7 Å². The van der Waals surface area contributed by atoms with E-state index in [2.05, 4.69) is 4.98 Å². The summed E-state index contributed by atoms with van der Waals surface area (Å²) in [5, 5.41) is 0.609. The second-order valence-electron chi connectivity index (χ2n) is 7.14. The molecule has 1 saturated heterocycles. The summed E-state index contributed by atoms with van der Waals surface area (Å²) in [4.78, 5) is 17.2. The van der Waals surface area contributed by atoms with E-state index in [4.69, 9.17) is 32.7 Å². The summed E-state index contributed by atoms with van der Waals surface area (Å²) in [5.41, 5.74) is 1.42. The van der Waals surface area contributed by atoms with Crippen LogP contribution < -0.4 is 0 Å². The van der Waals surface area contributed by atoms with E-state index in [1.165, 1.54) is 16.4 Å². The number of aryl methyl sites for hydroxylation is 1. The number of hydrogen-bond acceptors (Lipinski definition) is 6. The number of esters is 1. The molecule has 3 aromatic rings. The predicted octanol–water partition coefficient (Wildman–Crippen LogP) is 3.74. The number of hydrogen-bond donors (Lipinski definition) is 0. The SMILES string of the molecule is CCn1c(COC(=O)c2cc(Cl)ccc2Cl)nc2cc(S(=O)(=O)N3CCOCC3)ccc21. The number of rotatable bonds is 6. The summed E-state index contributed by atoms with van der Waals surface area (Å²) in [6, 6.07) is 9.39. The molecular weight excluding hydrogens is 477 g/mol. The normalized spacial score (nSPS) is 15.2. The largest absolute Gasteiger partial charge is 0.454 e. The standard InChI is InChI=1S/C21H21Cl2N3O5S/c1-2-26-19-6-4-15(32(28,29)25-7-9-30-10-8-25)12-18(19)24-20(26)13-31-21(27)16-11-14(22)3-5-17(16)23/h3-6,11-12H,2,7-10,13H2,1H3. The van der Waals surface area contributed by atoms with Gasteiger partial charge in [0.2, 0.25) is 10.0 Å². The van der Waals surface area contributed by atoms with Crippen molar-refractivity contribution in [1.82, 2.24) is 13.9 Å². The number of imidazole rings is 1. The maximum Gasteiger partial charge on any atom is 0.340 e. The molecule has 0 amide bonds. The third kappa shape index (κ3) is 4.49. The Morgan fingerprint density at radius 3 is 2.62 bits per heavy atom. The highest BCUT2D eigenvalue weighted by atomic mass is 35.5. The van der Waals surface area contributed by atoms with Crippen LogP contribution in [0, 0.1) is 0 Å². The molecule has 0 aliphatic carbocycles. The Hall–Kier alpha value is -2.17. The number of carbonyl (C=O) groups is 1. The average molecular weight is 498 g/mol. The molecule has 2 aromatic carbocycles. The van der Waals surface area contributed by atoms with Gasteiger partial charge in [0.25, 0.3) is 0 Å². The van der Waals surface area contributed by atoms with Crippen molar-refractivity contribution in [2.75, 3.05) is 26.3 Å². The summed E-state index contributed by atoms with van der Waals surface area (Å²) in [5.74, 6) is -0.127. The van der Waals surface area contributed by atoms with E-state index in [1.807, 2.05) is 11.5 Å². The summed E-state index contributed by atoms with van der Waals surface area (Å²) in [7, 11) is -3.64. The number of aromatic nitrogens is 2. The number of carbonyl (C=O) groups excluding carboxylic acids is 1. The van der Waals surface area contributed by atoms with Crippen LogP contribution in [0.15, 0.2) is 41.3 Å². The Morgan fingerprint density at radius 2 is 1.91 bits per heavy atom. The lowest BCUT2D eigenvalue weighted by atomic mass is 10.2. The molecule has 4 rings (SSSR count). The van der Waals surface area contributed by atoms with E-state index in [-0.39, 0.29) is 22.1 Å². The van der Waals surface area contributed by atoms with Crippen LogP contribution in [0.25, 0.3) is 11.0 Å². The Labute approximate surface area is 195 Å². The lowest BCUT2D eigenvalue weighted by Gasteiger charge is -2.26. The molecule has 0 radical (unpaired) electrons. The quantitative estimate of drug-likeness (QED) is 0.481. The molecule has 0 atom stereocenters. The molecule has 0 saturated carbocycles. The molecule has 8 nitrogen and oxygen atoms in total. The van der Waals surface area contributed by atoms with Crippen LogP contribution in [0.4, 0.5) is 0 Å². The van der Waals surface area contributed by atoms with E-state index in [1.54, 1.807) is 24.3 Å². The Kier molecular flexibility index (Phi) is 6.73. The molecule has 1 aromatic heterocycles. The van der Waals surface area contributed by atoms with Crippen LogP contribution in [0.5, 0.6) is 0 Å². The van der Waals surface area contributed by atoms with Crippen molar-refractivity contribution in [2.24, 2.45) is 0 Å². The van der Waals surface area contributed by atoms with Gasteiger partial charge in [-0.05, 0) is 43.3 Å². The number of sulfonamides is 1. The van der Waals surface area contributed by atoms with Crippen molar-refractivity contribution in [3.05, 3.63) is 57.8 Å². The van der Waals surface area contributed by atoms with Crippen molar-refractivity contribution in [2.45, 2.75) is 25.0 Å². The van der Waals surface area contributed by atoms with E-state index < -0.39 is 16.0 Å². The van der Waals surface area contributed by atoms with Crippen molar-refractivity contribution in [3.63, 3.8) is 0 Å².